The van der Waals surface area contributed by atoms with E-state index in [0.29, 0.717) is 23.6 Å². The third kappa shape index (κ3) is 9.76. The number of anilines is 1. The Bertz CT molecular complexity index is 1230. The Morgan fingerprint density at radius 1 is 1.12 bits per heavy atom. The molecule has 0 spiro atoms. The molecule has 3 N–H and O–H groups in total. The van der Waals surface area contributed by atoms with Gasteiger partial charge in [0, 0.05) is 24.6 Å². The number of unbranched alkanes of at least 4 members (excludes halogenated alkanes) is 3. The van der Waals surface area contributed by atoms with Crippen molar-refractivity contribution in [1.82, 2.24) is 30.1 Å². The molecule has 1 amide bonds. The summed E-state index contributed by atoms with van der Waals surface area (Å²) in [7, 11) is 1.73. The lowest BCUT2D eigenvalue weighted by Crippen LogP contribution is -2.54. The van der Waals surface area contributed by atoms with E-state index in [1.54, 1.807) is 32.0 Å². The third-order valence-corrected chi connectivity index (χ3v) is 6.87. The molecule has 13 nitrogen and oxygen atoms in total. The molecule has 2 atom stereocenters. The van der Waals surface area contributed by atoms with Gasteiger partial charge in [-0.2, -0.15) is 0 Å². The fraction of sp³-hybridized carbons (Fsp3) is 0.679. The molecule has 0 fully saturated rings. The van der Waals surface area contributed by atoms with E-state index in [0.717, 1.165) is 25.7 Å². The van der Waals surface area contributed by atoms with Gasteiger partial charge in [-0.15, -0.1) is 0 Å². The standard InChI is InChI=1S/C28H45N7O6/c1-8-10-11-12-15-34(7)25(21(36)13-14-23(37)38)31-26(39)20(9-2)35-17-22(28(4,5)6)30-24(27(35)40)29-16-19-18(3)32-41-33-19/h17,20,25H,8-16H2,1-7H3,(H,29,30)(H,31,39)(H,37,38)/t20-,25-/m0/s1. The summed E-state index contributed by atoms with van der Waals surface area (Å²) in [5.74, 6) is -1.95. The highest BCUT2D eigenvalue weighted by Crippen LogP contribution is 2.22. The molecule has 0 bridgehead atoms. The van der Waals surface area contributed by atoms with Crippen molar-refractivity contribution in [2.24, 2.45) is 0 Å². The Balaban J connectivity index is 2.40. The van der Waals surface area contributed by atoms with Gasteiger partial charge < -0.3 is 15.7 Å². The average Bonchev–Trinajstić information content (AvgIpc) is 3.32. The van der Waals surface area contributed by atoms with Crippen LogP contribution in [-0.4, -0.2) is 67.3 Å². The lowest BCUT2D eigenvalue weighted by atomic mass is 9.92. The molecule has 13 heteroatoms. The minimum atomic E-state index is -1.09. The molecule has 41 heavy (non-hydrogen) atoms. The molecule has 0 aromatic carbocycles. The molecular weight excluding hydrogens is 530 g/mol. The second-order valence-electron chi connectivity index (χ2n) is 11.3. The monoisotopic (exact) mass is 575 g/mol. The van der Waals surface area contributed by atoms with Crippen LogP contribution in [0.25, 0.3) is 0 Å². The van der Waals surface area contributed by atoms with E-state index in [-0.39, 0.29) is 31.6 Å². The molecule has 0 saturated heterocycles. The average molecular weight is 576 g/mol. The first kappa shape index (κ1) is 33.6. The number of likely N-dealkylation sites (N-methyl/N-ethyl adjacent to an activating group) is 1. The molecule has 2 rings (SSSR count). The van der Waals surface area contributed by atoms with Crippen molar-refractivity contribution < 1.29 is 24.1 Å². The topological polar surface area (TPSA) is 173 Å². The molecule has 228 valence electrons. The second kappa shape index (κ2) is 15.4. The number of aromatic nitrogens is 4. The summed E-state index contributed by atoms with van der Waals surface area (Å²) in [6.45, 7) is 12.2. The normalized spacial score (nSPS) is 13.2. The van der Waals surface area contributed by atoms with Crippen LogP contribution in [0.1, 0.15) is 103 Å². The van der Waals surface area contributed by atoms with E-state index in [1.807, 2.05) is 20.8 Å². The predicted molar refractivity (Wildman–Crippen MR) is 153 cm³/mol. The van der Waals surface area contributed by atoms with Gasteiger partial charge in [-0.1, -0.05) is 64.2 Å². The van der Waals surface area contributed by atoms with Gasteiger partial charge >= 0.3 is 5.97 Å². The van der Waals surface area contributed by atoms with E-state index >= 15 is 0 Å². The molecule has 0 saturated carbocycles. The molecular formula is C28H45N7O6. The van der Waals surface area contributed by atoms with Crippen LogP contribution >= 0.6 is 0 Å². The van der Waals surface area contributed by atoms with Crippen LogP contribution in [0, 0.1) is 6.92 Å². The van der Waals surface area contributed by atoms with Crippen molar-refractivity contribution in [1.29, 1.82) is 0 Å². The van der Waals surface area contributed by atoms with Gasteiger partial charge in [0.1, 0.15) is 23.6 Å². The summed E-state index contributed by atoms with van der Waals surface area (Å²) in [5, 5.41) is 22.5. The number of carboxylic acids is 1. The van der Waals surface area contributed by atoms with Crippen LogP contribution in [0.2, 0.25) is 0 Å². The molecule has 0 unspecified atom stereocenters. The Hall–Kier alpha value is -3.61. The summed E-state index contributed by atoms with van der Waals surface area (Å²) >= 11 is 0. The number of nitrogens with one attached hydrogen (secondary N) is 2. The lowest BCUT2D eigenvalue weighted by Gasteiger charge is -2.30. The molecule has 2 aromatic heterocycles. The van der Waals surface area contributed by atoms with Gasteiger partial charge in [0.2, 0.25) is 5.91 Å². The molecule has 0 radical (unpaired) electrons. The van der Waals surface area contributed by atoms with E-state index in [1.165, 1.54) is 4.57 Å². The summed E-state index contributed by atoms with van der Waals surface area (Å²) in [5.41, 5.74) is 0.736. The number of carboxylic acid groups (broad SMARTS) is 1. The zero-order valence-corrected chi connectivity index (χ0v) is 25.3. The molecule has 2 heterocycles. The second-order valence-corrected chi connectivity index (χ2v) is 11.3. The number of amides is 1. The minimum Gasteiger partial charge on any atom is -0.481 e. The molecule has 0 aliphatic rings. The Kier molecular flexibility index (Phi) is 12.6. The summed E-state index contributed by atoms with van der Waals surface area (Å²) < 4.78 is 6.08. The number of ketones is 1. The van der Waals surface area contributed by atoms with Crippen LogP contribution in [0.5, 0.6) is 0 Å². The zero-order chi connectivity index (χ0) is 30.7. The maximum Gasteiger partial charge on any atom is 0.303 e. The quantitative estimate of drug-likeness (QED) is 0.187. The van der Waals surface area contributed by atoms with E-state index in [2.05, 4.69) is 32.9 Å². The first-order chi connectivity index (χ1) is 19.3. The van der Waals surface area contributed by atoms with Crippen molar-refractivity contribution in [3.8, 4) is 0 Å². The largest absolute Gasteiger partial charge is 0.481 e. The fourth-order valence-electron chi connectivity index (χ4n) is 4.25. The number of Topliss-reactive ketones (excluding diaryl/α,β-unsaturated/α-hetero) is 1. The number of hydrogen-bond acceptors (Lipinski definition) is 10. The van der Waals surface area contributed by atoms with Crippen LogP contribution in [0.15, 0.2) is 15.6 Å². The van der Waals surface area contributed by atoms with E-state index < -0.39 is 40.8 Å². The number of aryl methyl sites for hydroxylation is 1. The number of aliphatic carboxylic acids is 1. The van der Waals surface area contributed by atoms with E-state index in [9.17, 15) is 19.2 Å². The summed E-state index contributed by atoms with van der Waals surface area (Å²) in [4.78, 5) is 57.7. The van der Waals surface area contributed by atoms with Gasteiger partial charge in [-0.25, -0.2) is 9.61 Å². The maximum absolute atomic E-state index is 13.7. The van der Waals surface area contributed by atoms with Gasteiger partial charge in [-0.05, 0) is 26.8 Å². The van der Waals surface area contributed by atoms with Gasteiger partial charge in [-0.3, -0.25) is 28.6 Å². The number of rotatable bonds is 17. The highest BCUT2D eigenvalue weighted by molar-refractivity contribution is 5.91. The Morgan fingerprint density at radius 3 is 2.39 bits per heavy atom. The lowest BCUT2D eigenvalue weighted by molar-refractivity contribution is -0.139. The Morgan fingerprint density at radius 2 is 1.83 bits per heavy atom. The fourth-order valence-corrected chi connectivity index (χ4v) is 4.25. The maximum atomic E-state index is 13.7. The van der Waals surface area contributed by atoms with Crippen LogP contribution < -0.4 is 16.2 Å². The van der Waals surface area contributed by atoms with Gasteiger partial charge in [0.25, 0.3) is 5.56 Å². The zero-order valence-electron chi connectivity index (χ0n) is 25.3. The van der Waals surface area contributed by atoms with Crippen molar-refractivity contribution in [2.45, 2.75) is 111 Å². The number of hydrogen-bond donors (Lipinski definition) is 3. The minimum absolute atomic E-state index is 0.0493. The first-order valence-electron chi connectivity index (χ1n) is 14.2. The van der Waals surface area contributed by atoms with Crippen molar-refractivity contribution in [3.05, 3.63) is 33.6 Å². The number of nitrogens with zero attached hydrogens (tertiary/aromatic N) is 5. The summed E-state index contributed by atoms with van der Waals surface area (Å²) in [6, 6.07) is -0.939. The smallest absolute Gasteiger partial charge is 0.303 e. The van der Waals surface area contributed by atoms with Crippen LogP contribution in [0.3, 0.4) is 0 Å². The van der Waals surface area contributed by atoms with Crippen molar-refractivity contribution in [3.63, 3.8) is 0 Å². The molecule has 2 aromatic rings. The molecule has 0 aliphatic carbocycles. The third-order valence-electron chi connectivity index (χ3n) is 6.87. The first-order valence-corrected chi connectivity index (χ1v) is 14.2. The highest BCUT2D eigenvalue weighted by Gasteiger charge is 2.30. The number of carbonyl (C=O) groups is 3. The highest BCUT2D eigenvalue weighted by atomic mass is 16.6. The van der Waals surface area contributed by atoms with Crippen molar-refractivity contribution >= 4 is 23.5 Å². The van der Waals surface area contributed by atoms with Crippen LogP contribution in [0.4, 0.5) is 5.82 Å². The van der Waals surface area contributed by atoms with Gasteiger partial charge in [0.05, 0.1) is 18.7 Å². The SMILES string of the molecule is CCCCCCN(C)[C@H](NC(=O)[C@H](CC)n1cc(C(C)(C)C)nc(NCc2nonc2C)c1=O)C(=O)CCC(=O)O. The van der Waals surface area contributed by atoms with E-state index in [4.69, 9.17) is 9.74 Å². The Labute approximate surface area is 241 Å². The van der Waals surface area contributed by atoms with Crippen LogP contribution in [-0.2, 0) is 26.3 Å². The van der Waals surface area contributed by atoms with Gasteiger partial charge in [0.15, 0.2) is 11.6 Å². The number of carbonyl (C=O) groups excluding carboxylic acids is 2. The predicted octanol–water partition coefficient (Wildman–Crippen LogP) is 3.18. The van der Waals surface area contributed by atoms with Crippen molar-refractivity contribution in [2.75, 3.05) is 18.9 Å². The summed E-state index contributed by atoms with van der Waals surface area (Å²) in [6.07, 6.45) is 4.20. The molecule has 0 aliphatic heterocycles.